The number of carbonyl (C=O) groups excluding carboxylic acids is 2. The van der Waals surface area contributed by atoms with Gasteiger partial charge in [-0.3, -0.25) is 14.3 Å². The molecule has 2 bridgehead atoms. The molecule has 3 aliphatic carbocycles. The number of alkyl halides is 4. The third-order valence-electron chi connectivity index (χ3n) is 4.78. The van der Waals surface area contributed by atoms with Crippen LogP contribution in [0.3, 0.4) is 0 Å². The molecule has 1 saturated carbocycles. The van der Waals surface area contributed by atoms with E-state index < -0.39 is 59.7 Å². The number of rotatable bonds is 0. The van der Waals surface area contributed by atoms with Crippen LogP contribution in [-0.2, 0) is 19.1 Å². The van der Waals surface area contributed by atoms with E-state index in [2.05, 4.69) is 9.47 Å². The summed E-state index contributed by atoms with van der Waals surface area (Å²) >= 11 is 0. The highest BCUT2D eigenvalue weighted by atomic mass is 19.3. The van der Waals surface area contributed by atoms with E-state index in [4.69, 9.17) is 0 Å². The van der Waals surface area contributed by atoms with Gasteiger partial charge in [-0.25, -0.2) is 0 Å². The second kappa shape index (κ2) is 3.24. The smallest absolute Gasteiger partial charge is 0.364 e. The summed E-state index contributed by atoms with van der Waals surface area (Å²) < 4.78 is 63.0. The molecule has 0 radical (unpaired) electrons. The number of hydrogen-bond donors (Lipinski definition) is 0. The molecule has 0 unspecified atom stereocenters. The molecule has 0 aromatic rings. The van der Waals surface area contributed by atoms with Gasteiger partial charge in [-0.05, 0) is 0 Å². The van der Waals surface area contributed by atoms with Crippen LogP contribution in [0.5, 0.6) is 0 Å². The minimum atomic E-state index is -4.03. The van der Waals surface area contributed by atoms with Crippen molar-refractivity contribution in [3.8, 4) is 0 Å². The molecule has 6 atom stereocenters. The van der Waals surface area contributed by atoms with E-state index in [1.807, 2.05) is 0 Å². The molecule has 5 aliphatic rings. The fourth-order valence-corrected chi connectivity index (χ4v) is 4.17. The van der Waals surface area contributed by atoms with Crippen LogP contribution in [0.1, 0.15) is 0 Å². The number of allylic oxidation sites excluding steroid dienone is 2. The first-order chi connectivity index (χ1) is 9.24. The first kappa shape index (κ1) is 12.3. The predicted molar refractivity (Wildman–Crippen MR) is 52.2 cm³/mol. The van der Waals surface area contributed by atoms with Crippen LogP contribution < -0.4 is 0 Å². The fraction of sp³-hybridized carbons (Fsp3) is 0.667. The molecule has 2 heterocycles. The summed E-state index contributed by atoms with van der Waals surface area (Å²) in [6, 6.07) is 0. The van der Waals surface area contributed by atoms with Crippen molar-refractivity contribution in [2.24, 2.45) is 35.5 Å². The maximum absolute atomic E-state index is 13.7. The Morgan fingerprint density at radius 1 is 0.850 bits per heavy atom. The lowest BCUT2D eigenvalue weighted by Crippen LogP contribution is -2.53. The molecule has 2 saturated heterocycles. The van der Waals surface area contributed by atoms with Gasteiger partial charge in [0.2, 0.25) is 0 Å². The van der Waals surface area contributed by atoms with E-state index in [9.17, 15) is 27.2 Å². The van der Waals surface area contributed by atoms with Gasteiger partial charge in [-0.1, -0.05) is 12.2 Å². The Morgan fingerprint density at radius 3 is 1.65 bits per heavy atom. The van der Waals surface area contributed by atoms with Crippen molar-refractivity contribution in [3.63, 3.8) is 0 Å². The van der Waals surface area contributed by atoms with Crippen LogP contribution >= 0.6 is 0 Å². The Labute approximate surface area is 109 Å². The SMILES string of the molecule is O=C1OC(=O)[C@H]2[C@H]3C=C[C@@H]([C@@H]12)[C@H]1[C@@H]3C(F)(F)OC1(F)F. The minimum absolute atomic E-state index is 0.913. The van der Waals surface area contributed by atoms with Gasteiger partial charge in [0.05, 0.1) is 23.7 Å². The summed E-state index contributed by atoms with van der Waals surface area (Å²) in [5.41, 5.74) is 0. The van der Waals surface area contributed by atoms with E-state index in [1.165, 1.54) is 12.2 Å². The van der Waals surface area contributed by atoms with Gasteiger partial charge >= 0.3 is 24.2 Å². The summed E-state index contributed by atoms with van der Waals surface area (Å²) in [4.78, 5) is 23.2. The highest BCUT2D eigenvalue weighted by Crippen LogP contribution is 2.66. The van der Waals surface area contributed by atoms with Gasteiger partial charge in [0.15, 0.2) is 0 Å². The van der Waals surface area contributed by atoms with Crippen molar-refractivity contribution in [2.45, 2.75) is 12.2 Å². The summed E-state index contributed by atoms with van der Waals surface area (Å²) in [5, 5.41) is 0. The summed E-state index contributed by atoms with van der Waals surface area (Å²) in [6.07, 6.45) is -5.44. The normalized spacial score (nSPS) is 50.0. The highest BCUT2D eigenvalue weighted by Gasteiger charge is 2.77. The molecule has 0 N–H and O–H groups in total. The number of hydrogen-bond acceptors (Lipinski definition) is 4. The maximum Gasteiger partial charge on any atom is 0.364 e. The molecule has 5 rings (SSSR count). The van der Waals surface area contributed by atoms with Crippen molar-refractivity contribution in [1.29, 1.82) is 0 Å². The zero-order valence-corrected chi connectivity index (χ0v) is 9.76. The lowest BCUT2D eigenvalue weighted by molar-refractivity contribution is -0.342. The monoisotopic (exact) mass is 292 g/mol. The van der Waals surface area contributed by atoms with Gasteiger partial charge in [0, 0.05) is 11.8 Å². The van der Waals surface area contributed by atoms with E-state index in [0.29, 0.717) is 0 Å². The third kappa shape index (κ3) is 1.21. The largest absolute Gasteiger partial charge is 0.393 e. The Hall–Kier alpha value is -1.44. The molecule has 0 amide bonds. The fourth-order valence-electron chi connectivity index (χ4n) is 4.17. The van der Waals surface area contributed by atoms with Gasteiger partial charge in [-0.2, -0.15) is 17.6 Å². The number of ether oxygens (including phenoxy) is 2. The van der Waals surface area contributed by atoms with E-state index in [1.54, 1.807) is 0 Å². The summed E-state index contributed by atoms with van der Waals surface area (Å²) in [5.74, 6) is -10.0. The predicted octanol–water partition coefficient (Wildman–Crippen LogP) is 1.57. The van der Waals surface area contributed by atoms with Crippen molar-refractivity contribution in [3.05, 3.63) is 12.2 Å². The Balaban J connectivity index is 1.87. The number of carbonyl (C=O) groups is 2. The molecule has 0 spiro atoms. The maximum atomic E-state index is 13.7. The topological polar surface area (TPSA) is 52.6 Å². The molecule has 108 valence electrons. The van der Waals surface area contributed by atoms with Crippen LogP contribution in [0.25, 0.3) is 0 Å². The molecule has 0 aromatic heterocycles. The molecule has 2 aliphatic heterocycles. The first-order valence-corrected chi connectivity index (χ1v) is 6.14. The Morgan fingerprint density at radius 2 is 1.25 bits per heavy atom. The quantitative estimate of drug-likeness (QED) is 0.294. The zero-order valence-electron chi connectivity index (χ0n) is 9.76. The summed E-state index contributed by atoms with van der Waals surface area (Å²) in [7, 11) is 0. The van der Waals surface area contributed by atoms with Crippen LogP contribution in [0.2, 0.25) is 0 Å². The minimum Gasteiger partial charge on any atom is -0.393 e. The van der Waals surface area contributed by atoms with Gasteiger partial charge in [-0.15, -0.1) is 0 Å². The number of cyclic esters (lactones) is 2. The standard InChI is InChI=1S/C12H8F4O4/c13-11(14)7-3-1-2-4(8(7)12(15,16)20-11)6-5(3)9(17)19-10(6)18/h1-8H/t3-,4+,5+,6-,7-,8+. The van der Waals surface area contributed by atoms with Crippen molar-refractivity contribution in [1.82, 2.24) is 0 Å². The Bertz CT molecular complexity index is 512. The van der Waals surface area contributed by atoms with Crippen LogP contribution in [0.15, 0.2) is 12.2 Å². The van der Waals surface area contributed by atoms with Crippen molar-refractivity contribution < 1.29 is 36.6 Å². The molecular formula is C12H8F4O4. The Kier molecular flexibility index (Phi) is 1.99. The second-order valence-corrected chi connectivity index (χ2v) is 5.61. The van der Waals surface area contributed by atoms with Crippen LogP contribution in [0, 0.1) is 35.5 Å². The van der Waals surface area contributed by atoms with Gasteiger partial charge < -0.3 is 4.74 Å². The first-order valence-electron chi connectivity index (χ1n) is 6.14. The lowest BCUT2D eigenvalue weighted by atomic mass is 9.54. The van der Waals surface area contributed by atoms with Crippen molar-refractivity contribution >= 4 is 11.9 Å². The van der Waals surface area contributed by atoms with Crippen LogP contribution in [0.4, 0.5) is 17.6 Å². The number of halogens is 4. The average Bonchev–Trinajstić information content (AvgIpc) is 2.75. The molecule has 8 heteroatoms. The van der Waals surface area contributed by atoms with Gasteiger partial charge in [0.25, 0.3) is 0 Å². The molecular weight excluding hydrogens is 284 g/mol. The molecule has 0 aromatic carbocycles. The lowest BCUT2D eigenvalue weighted by Gasteiger charge is -2.46. The van der Waals surface area contributed by atoms with E-state index >= 15 is 0 Å². The van der Waals surface area contributed by atoms with E-state index in [0.717, 1.165) is 0 Å². The van der Waals surface area contributed by atoms with Crippen LogP contribution in [-0.4, -0.2) is 24.2 Å². The van der Waals surface area contributed by atoms with Crippen molar-refractivity contribution in [2.75, 3.05) is 0 Å². The number of esters is 2. The van der Waals surface area contributed by atoms with Gasteiger partial charge in [0.1, 0.15) is 0 Å². The second-order valence-electron chi connectivity index (χ2n) is 5.61. The summed E-state index contributed by atoms with van der Waals surface area (Å²) in [6.45, 7) is 0. The molecule has 3 fully saturated rings. The van der Waals surface area contributed by atoms with E-state index in [-0.39, 0.29) is 0 Å². The zero-order chi connectivity index (χ0) is 14.4. The molecule has 4 nitrogen and oxygen atoms in total. The highest BCUT2D eigenvalue weighted by molar-refractivity contribution is 5.97. The molecule has 20 heavy (non-hydrogen) atoms. The third-order valence-corrected chi connectivity index (χ3v) is 4.78. The average molecular weight is 292 g/mol.